The van der Waals surface area contributed by atoms with E-state index in [0.29, 0.717) is 23.8 Å². The van der Waals surface area contributed by atoms with Gasteiger partial charge in [0.25, 0.3) is 0 Å². The molecular weight excluding hydrogens is 483 g/mol. The van der Waals surface area contributed by atoms with Gasteiger partial charge in [-0.05, 0) is 70.3 Å². The summed E-state index contributed by atoms with van der Waals surface area (Å²) in [5, 5.41) is 15.6. The third kappa shape index (κ3) is 5.83. The van der Waals surface area contributed by atoms with Crippen molar-refractivity contribution >= 4 is 28.3 Å². The molecule has 9 heteroatoms. The van der Waals surface area contributed by atoms with E-state index < -0.39 is 18.0 Å². The fourth-order valence-electron chi connectivity index (χ4n) is 5.36. The van der Waals surface area contributed by atoms with Gasteiger partial charge >= 0.3 is 0 Å². The molecule has 0 saturated heterocycles. The number of nitrogens with one attached hydrogen (secondary N) is 3. The molecule has 0 aliphatic heterocycles. The van der Waals surface area contributed by atoms with Gasteiger partial charge in [-0.2, -0.15) is 0 Å². The van der Waals surface area contributed by atoms with Crippen molar-refractivity contribution < 1.29 is 14.0 Å². The topological polar surface area (TPSA) is 113 Å². The molecule has 0 bridgehead atoms. The van der Waals surface area contributed by atoms with Crippen LogP contribution in [0.25, 0.3) is 16.7 Å². The van der Waals surface area contributed by atoms with Gasteiger partial charge in [-0.25, -0.2) is 14.4 Å². The number of Topliss-reactive ketones (excluding diaryl/α,β-unsaturated/α-hetero) is 1. The molecule has 202 valence electrons. The lowest BCUT2D eigenvalue weighted by molar-refractivity contribution is -0.127. The Hall–Kier alpha value is -3.46. The summed E-state index contributed by atoms with van der Waals surface area (Å²) in [5.41, 5.74) is 1.33. The highest BCUT2D eigenvalue weighted by molar-refractivity contribution is 6.42. The molecule has 2 aromatic heterocycles. The van der Waals surface area contributed by atoms with Gasteiger partial charge in [0.05, 0.1) is 29.0 Å². The van der Waals surface area contributed by atoms with Crippen LogP contribution in [0.5, 0.6) is 0 Å². The standard InChI is InChI=1S/C29H37FN6O2/c1-5-22(26(31)28(37)27(19-9-7-6-8-10-19)35-29(38)17(2)32-4)23-16-25(34-18(3)33-23)36-14-13-20-15-21(30)11-12-24(20)36/h11-17,19,22,27,31-32H,5-10H2,1-4H3,(H,35,38). The molecule has 1 aliphatic rings. The molecule has 3 aromatic rings. The van der Waals surface area contributed by atoms with Gasteiger partial charge in [0.2, 0.25) is 5.91 Å². The number of hydrogen-bond donors (Lipinski definition) is 3. The minimum atomic E-state index is -0.731. The van der Waals surface area contributed by atoms with Crippen molar-refractivity contribution in [1.29, 1.82) is 5.41 Å². The first kappa shape index (κ1) is 27.6. The number of carbonyl (C=O) groups is 2. The summed E-state index contributed by atoms with van der Waals surface area (Å²) in [6.45, 7) is 5.46. The number of halogens is 1. The number of nitrogens with zero attached hydrogens (tertiary/aromatic N) is 3. The van der Waals surface area contributed by atoms with E-state index in [2.05, 4.69) is 20.6 Å². The predicted octanol–water partition coefficient (Wildman–Crippen LogP) is 4.62. The lowest BCUT2D eigenvalue weighted by Crippen LogP contribution is -2.53. The SMILES string of the molecule is CCC(C(=N)C(=O)C(NC(=O)C(C)NC)C1CCCCC1)c1cc(-n2ccc3cc(F)ccc32)nc(C)n1. The molecule has 38 heavy (non-hydrogen) atoms. The molecule has 0 radical (unpaired) electrons. The highest BCUT2D eigenvalue weighted by Gasteiger charge is 2.36. The van der Waals surface area contributed by atoms with Crippen LogP contribution >= 0.6 is 0 Å². The van der Waals surface area contributed by atoms with Crippen LogP contribution < -0.4 is 10.6 Å². The molecule has 1 fully saturated rings. The molecule has 2 heterocycles. The van der Waals surface area contributed by atoms with Crippen molar-refractivity contribution in [2.45, 2.75) is 77.3 Å². The van der Waals surface area contributed by atoms with Gasteiger partial charge < -0.3 is 20.6 Å². The monoisotopic (exact) mass is 520 g/mol. The van der Waals surface area contributed by atoms with Crippen LogP contribution in [0.15, 0.2) is 36.5 Å². The lowest BCUT2D eigenvalue weighted by atomic mass is 9.79. The van der Waals surface area contributed by atoms with Crippen LogP contribution in [0.4, 0.5) is 4.39 Å². The molecule has 4 rings (SSSR count). The maximum absolute atomic E-state index is 13.8. The minimum Gasteiger partial charge on any atom is -0.344 e. The molecule has 1 aliphatic carbocycles. The summed E-state index contributed by atoms with van der Waals surface area (Å²) in [4.78, 5) is 35.8. The van der Waals surface area contributed by atoms with Crippen LogP contribution in [0.2, 0.25) is 0 Å². The zero-order valence-corrected chi connectivity index (χ0v) is 22.6. The average molecular weight is 521 g/mol. The molecule has 3 N–H and O–H groups in total. The number of aryl methyl sites for hydroxylation is 1. The molecule has 1 saturated carbocycles. The Morgan fingerprint density at radius 2 is 1.89 bits per heavy atom. The number of hydrogen-bond acceptors (Lipinski definition) is 6. The number of amides is 1. The van der Waals surface area contributed by atoms with E-state index in [1.165, 1.54) is 12.1 Å². The molecule has 3 atom stereocenters. The van der Waals surface area contributed by atoms with Crippen LogP contribution in [-0.4, -0.2) is 51.1 Å². The zero-order valence-electron chi connectivity index (χ0n) is 22.6. The summed E-state index contributed by atoms with van der Waals surface area (Å²) in [5.74, 6) is -0.332. The van der Waals surface area contributed by atoms with Crippen molar-refractivity contribution in [3.63, 3.8) is 0 Å². The van der Waals surface area contributed by atoms with Crippen LogP contribution in [0, 0.1) is 24.1 Å². The van der Waals surface area contributed by atoms with Crippen molar-refractivity contribution in [1.82, 2.24) is 25.2 Å². The summed E-state index contributed by atoms with van der Waals surface area (Å²) < 4.78 is 15.6. The highest BCUT2D eigenvalue weighted by atomic mass is 19.1. The second-order valence-electron chi connectivity index (χ2n) is 10.2. The zero-order chi connectivity index (χ0) is 27.4. The molecule has 8 nitrogen and oxygen atoms in total. The van der Waals surface area contributed by atoms with Crippen molar-refractivity contribution in [2.75, 3.05) is 7.05 Å². The van der Waals surface area contributed by atoms with Gasteiger partial charge in [0, 0.05) is 23.6 Å². The number of benzene rings is 1. The van der Waals surface area contributed by atoms with Gasteiger partial charge in [-0.1, -0.05) is 26.2 Å². The number of rotatable bonds is 10. The maximum atomic E-state index is 13.8. The third-order valence-electron chi connectivity index (χ3n) is 7.65. The highest BCUT2D eigenvalue weighted by Crippen LogP contribution is 2.30. The summed E-state index contributed by atoms with van der Waals surface area (Å²) >= 11 is 0. The largest absolute Gasteiger partial charge is 0.344 e. The number of fused-ring (bicyclic) bond motifs is 1. The first-order chi connectivity index (χ1) is 18.2. The van der Waals surface area contributed by atoms with Crippen LogP contribution in [0.1, 0.15) is 69.8 Å². The fourth-order valence-corrected chi connectivity index (χ4v) is 5.36. The normalized spacial score (nSPS) is 16.7. The van der Waals surface area contributed by atoms with E-state index in [0.717, 1.165) is 43.0 Å². The van der Waals surface area contributed by atoms with Crippen LogP contribution in [0.3, 0.4) is 0 Å². The first-order valence-corrected chi connectivity index (χ1v) is 13.5. The van der Waals surface area contributed by atoms with Crippen molar-refractivity contribution in [3.05, 3.63) is 53.9 Å². The fraction of sp³-hybridized carbons (Fsp3) is 0.483. The summed E-state index contributed by atoms with van der Waals surface area (Å²) in [6, 6.07) is 7.02. The molecule has 3 unspecified atom stereocenters. The Morgan fingerprint density at radius 1 is 1.16 bits per heavy atom. The van der Waals surface area contributed by atoms with E-state index in [9.17, 15) is 14.0 Å². The Balaban J connectivity index is 1.65. The number of ketones is 1. The minimum absolute atomic E-state index is 0.0106. The number of aromatic nitrogens is 3. The molecule has 1 amide bonds. The second-order valence-corrected chi connectivity index (χ2v) is 10.2. The Kier molecular flexibility index (Phi) is 8.66. The molecular formula is C29H37FN6O2. The molecule has 1 aromatic carbocycles. The van der Waals surface area contributed by atoms with Crippen molar-refractivity contribution in [3.8, 4) is 5.82 Å². The lowest BCUT2D eigenvalue weighted by Gasteiger charge is -2.31. The number of likely N-dealkylation sites (N-methyl/N-ethyl adjacent to an activating group) is 1. The van der Waals surface area contributed by atoms with E-state index >= 15 is 0 Å². The summed E-state index contributed by atoms with van der Waals surface area (Å²) in [7, 11) is 1.70. The Morgan fingerprint density at radius 3 is 2.58 bits per heavy atom. The first-order valence-electron chi connectivity index (χ1n) is 13.5. The van der Waals surface area contributed by atoms with Gasteiger partial charge in [0.15, 0.2) is 5.78 Å². The van der Waals surface area contributed by atoms with Crippen molar-refractivity contribution in [2.24, 2.45) is 5.92 Å². The van der Waals surface area contributed by atoms with E-state index in [1.54, 1.807) is 33.0 Å². The Labute approximate surface area is 223 Å². The predicted molar refractivity (Wildman–Crippen MR) is 146 cm³/mol. The van der Waals surface area contributed by atoms with Crippen LogP contribution in [-0.2, 0) is 9.59 Å². The Bertz CT molecular complexity index is 1330. The van der Waals surface area contributed by atoms with E-state index in [1.807, 2.05) is 23.8 Å². The quantitative estimate of drug-likeness (QED) is 0.338. The molecule has 0 spiro atoms. The number of carbonyl (C=O) groups excluding carboxylic acids is 2. The van der Waals surface area contributed by atoms with Gasteiger partial charge in [-0.15, -0.1) is 0 Å². The van der Waals surface area contributed by atoms with Gasteiger partial charge in [0.1, 0.15) is 17.5 Å². The smallest absolute Gasteiger partial charge is 0.237 e. The maximum Gasteiger partial charge on any atom is 0.237 e. The second kappa shape index (κ2) is 11.9. The van der Waals surface area contributed by atoms with E-state index in [4.69, 9.17) is 5.41 Å². The third-order valence-corrected chi connectivity index (χ3v) is 7.65. The van der Waals surface area contributed by atoms with Gasteiger partial charge in [-0.3, -0.25) is 9.59 Å². The van der Waals surface area contributed by atoms with E-state index in [-0.39, 0.29) is 29.1 Å². The summed E-state index contributed by atoms with van der Waals surface area (Å²) in [6.07, 6.45) is 7.18. The average Bonchev–Trinajstić information content (AvgIpc) is 3.34.